The summed E-state index contributed by atoms with van der Waals surface area (Å²) >= 11 is 0. The molecule has 0 atom stereocenters. The summed E-state index contributed by atoms with van der Waals surface area (Å²) in [5.74, 6) is 0. The van der Waals surface area contributed by atoms with Crippen LogP contribution in [0, 0.1) is 0 Å². The van der Waals surface area contributed by atoms with E-state index in [2.05, 4.69) is 30.3 Å². The number of para-hydroxylation sites is 1. The lowest BCUT2D eigenvalue weighted by Crippen LogP contribution is -2.50. The molecule has 0 unspecified atom stereocenters. The quantitative estimate of drug-likeness (QED) is 0.168. The molecule has 9 aromatic rings. The molecule has 9 rings (SSSR count). The molecule has 0 spiro atoms. The van der Waals surface area contributed by atoms with E-state index < -0.39 is 0 Å². The summed E-state index contributed by atoms with van der Waals surface area (Å²) in [6.45, 7) is 0. The zero-order valence-electron chi connectivity index (χ0n) is 26.3. The largest absolute Gasteiger partial charge is 0.456 e. The van der Waals surface area contributed by atoms with E-state index in [-0.39, 0.29) is 43.7 Å². The van der Waals surface area contributed by atoms with Crippen molar-refractivity contribution in [2.75, 3.05) is 0 Å². The molecule has 206 valence electrons. The molecule has 1 heterocycles. The van der Waals surface area contributed by atoms with Crippen molar-refractivity contribution in [3.05, 3.63) is 97.1 Å². The summed E-state index contributed by atoms with van der Waals surface area (Å²) in [7, 11) is 54.8. The van der Waals surface area contributed by atoms with E-state index in [4.69, 9.17) is 67.2 Å². The summed E-state index contributed by atoms with van der Waals surface area (Å²) < 4.78 is 6.31. The molecule has 0 saturated heterocycles. The predicted octanol–water partition coefficient (Wildman–Crippen LogP) is 1.88. The number of furan rings is 1. The second-order valence-electron chi connectivity index (χ2n) is 12.5. The van der Waals surface area contributed by atoms with Gasteiger partial charge in [-0.25, -0.2) is 0 Å². The normalized spacial score (nSPS) is 11.9. The van der Waals surface area contributed by atoms with Gasteiger partial charge < -0.3 is 4.42 Å². The van der Waals surface area contributed by atoms with Gasteiger partial charge in [-0.05, 0) is 77.5 Å². The average molecular weight is 599 g/mol. The van der Waals surface area contributed by atoms with Crippen molar-refractivity contribution in [1.82, 2.24) is 0 Å². The Morgan fingerprint density at radius 1 is 0.306 bits per heavy atom. The number of hydrogen-bond donors (Lipinski definition) is 0. The lowest BCUT2D eigenvalue weighted by molar-refractivity contribution is 0.669. The first-order chi connectivity index (χ1) is 23.7. The summed E-state index contributed by atoms with van der Waals surface area (Å²) in [5.41, 5.74) is 6.03. The zero-order chi connectivity index (χ0) is 33.9. The zero-order valence-corrected chi connectivity index (χ0v) is 26.3. The summed E-state index contributed by atoms with van der Waals surface area (Å²) in [4.78, 5) is 0. The summed E-state index contributed by atoms with van der Waals surface area (Å²) in [6.07, 6.45) is 0. The van der Waals surface area contributed by atoms with Gasteiger partial charge >= 0.3 is 0 Å². The van der Waals surface area contributed by atoms with E-state index in [9.17, 15) is 0 Å². The first-order valence-corrected chi connectivity index (χ1v) is 15.8. The Morgan fingerprint density at radius 2 is 0.735 bits per heavy atom. The highest BCUT2D eigenvalue weighted by Gasteiger charge is 2.27. The van der Waals surface area contributed by atoms with Gasteiger partial charge in [-0.1, -0.05) is 107 Å². The van der Waals surface area contributed by atoms with Gasteiger partial charge in [0.1, 0.15) is 73.9 Å². The number of benzene rings is 8. The molecule has 0 bridgehead atoms. The first-order valence-electron chi connectivity index (χ1n) is 15.8. The van der Waals surface area contributed by atoms with Crippen LogP contribution in [0.15, 0.2) is 101 Å². The standard InChI is InChI=1S/C40H16B8O/c41-33-29-27(21-11-5-8-18-16-15-17-7-1-2-9-19(17)25(18)21)30-32(36(44)40(48)38(46)34(30)42)28(31(29)35(43)39(47)37(33)45)22-12-6-14-24-26(22)20-10-3-4-13-23(20)49-24/h1-16H. The smallest absolute Gasteiger partial charge is 0.136 e. The van der Waals surface area contributed by atoms with E-state index in [1.807, 2.05) is 66.7 Å². The SMILES string of the molecule is [B]c1c([B])c([B])c2c(-c3cccc4oc5ccccc5c34)c3c([B])c([B])c([B])c([B])c3c(-c3cccc4ccc5ccccc5c34)c2c1[B]. The lowest BCUT2D eigenvalue weighted by atomic mass is 9.59. The van der Waals surface area contributed by atoms with Gasteiger partial charge in [0.25, 0.3) is 0 Å². The summed E-state index contributed by atoms with van der Waals surface area (Å²) in [6, 6.07) is 32.2. The van der Waals surface area contributed by atoms with E-state index in [1.54, 1.807) is 0 Å². The highest BCUT2D eigenvalue weighted by molar-refractivity contribution is 6.71. The average Bonchev–Trinajstić information content (AvgIpc) is 3.52. The highest BCUT2D eigenvalue weighted by Crippen LogP contribution is 2.46. The van der Waals surface area contributed by atoms with Gasteiger partial charge in [-0.3, -0.25) is 0 Å². The minimum absolute atomic E-state index is 0.166. The van der Waals surface area contributed by atoms with Gasteiger partial charge in [-0.2, -0.15) is 0 Å². The fourth-order valence-corrected chi connectivity index (χ4v) is 7.74. The van der Waals surface area contributed by atoms with Crippen LogP contribution >= 0.6 is 0 Å². The van der Waals surface area contributed by atoms with Crippen LogP contribution in [0.4, 0.5) is 0 Å². The number of fused-ring (bicyclic) bond motifs is 8. The first kappa shape index (κ1) is 30.2. The Balaban J connectivity index is 1.64. The van der Waals surface area contributed by atoms with E-state index >= 15 is 0 Å². The molecule has 8 aromatic carbocycles. The Kier molecular flexibility index (Phi) is 6.66. The van der Waals surface area contributed by atoms with Crippen LogP contribution in [0.5, 0.6) is 0 Å². The molecule has 0 amide bonds. The van der Waals surface area contributed by atoms with Gasteiger partial charge in [0.15, 0.2) is 0 Å². The lowest BCUT2D eigenvalue weighted by Gasteiger charge is -2.29. The molecule has 16 radical (unpaired) electrons. The van der Waals surface area contributed by atoms with E-state index in [1.165, 1.54) is 0 Å². The fourth-order valence-electron chi connectivity index (χ4n) is 7.74. The number of hydrogen-bond acceptors (Lipinski definition) is 1. The van der Waals surface area contributed by atoms with Crippen molar-refractivity contribution < 1.29 is 4.42 Å². The maximum atomic E-state index is 7.05. The monoisotopic (exact) mass is 600 g/mol. The van der Waals surface area contributed by atoms with E-state index in [0.29, 0.717) is 38.3 Å². The van der Waals surface area contributed by atoms with Crippen LogP contribution in [-0.2, 0) is 0 Å². The van der Waals surface area contributed by atoms with Crippen LogP contribution in [-0.4, -0.2) is 62.8 Å². The van der Waals surface area contributed by atoms with Crippen molar-refractivity contribution in [3.8, 4) is 22.3 Å². The Morgan fingerprint density at radius 3 is 1.33 bits per heavy atom. The van der Waals surface area contributed by atoms with Gasteiger partial charge in [-0.15, -0.1) is 21.9 Å². The summed E-state index contributed by atoms with van der Waals surface area (Å²) in [5, 5.41) is 8.16. The van der Waals surface area contributed by atoms with Crippen LogP contribution in [0.25, 0.3) is 87.3 Å². The molecule has 9 heteroatoms. The predicted molar refractivity (Wildman–Crippen MR) is 218 cm³/mol. The van der Waals surface area contributed by atoms with Crippen LogP contribution in [0.2, 0.25) is 0 Å². The second kappa shape index (κ2) is 10.8. The van der Waals surface area contributed by atoms with E-state index in [0.717, 1.165) is 49.0 Å². The third kappa shape index (κ3) is 4.05. The highest BCUT2D eigenvalue weighted by atomic mass is 16.3. The van der Waals surface area contributed by atoms with Crippen molar-refractivity contribution in [2.24, 2.45) is 0 Å². The van der Waals surface area contributed by atoms with Gasteiger partial charge in [0.05, 0.1) is 0 Å². The Labute approximate surface area is 294 Å². The van der Waals surface area contributed by atoms with Crippen LogP contribution < -0.4 is 43.7 Å². The molecule has 0 aliphatic rings. The van der Waals surface area contributed by atoms with Crippen molar-refractivity contribution >= 4 is 172 Å². The maximum absolute atomic E-state index is 7.05. The molecule has 49 heavy (non-hydrogen) atoms. The molecular weight excluding hydrogens is 583 g/mol. The molecule has 0 N–H and O–H groups in total. The minimum atomic E-state index is 0.166. The Hall–Kier alpha value is -4.88. The molecular formula is C40H16B8O. The third-order valence-corrected chi connectivity index (χ3v) is 10.0. The topological polar surface area (TPSA) is 13.1 Å². The van der Waals surface area contributed by atoms with Crippen molar-refractivity contribution in [1.29, 1.82) is 0 Å². The van der Waals surface area contributed by atoms with Crippen molar-refractivity contribution in [2.45, 2.75) is 0 Å². The molecule has 1 nitrogen and oxygen atoms in total. The fraction of sp³-hybridized carbons (Fsp3) is 0. The van der Waals surface area contributed by atoms with Gasteiger partial charge in [0.2, 0.25) is 0 Å². The molecule has 0 fully saturated rings. The minimum Gasteiger partial charge on any atom is -0.456 e. The molecule has 1 aromatic heterocycles. The van der Waals surface area contributed by atoms with Crippen molar-refractivity contribution in [3.63, 3.8) is 0 Å². The second-order valence-corrected chi connectivity index (χ2v) is 12.5. The number of rotatable bonds is 2. The Bertz CT molecular complexity index is 2850. The van der Waals surface area contributed by atoms with Gasteiger partial charge in [0, 0.05) is 10.8 Å². The third-order valence-electron chi connectivity index (χ3n) is 10.0. The molecule has 0 aliphatic heterocycles. The van der Waals surface area contributed by atoms with Crippen LogP contribution in [0.1, 0.15) is 0 Å². The molecule has 0 aliphatic carbocycles. The maximum Gasteiger partial charge on any atom is 0.136 e. The molecule has 0 saturated carbocycles. The van der Waals surface area contributed by atoms with Crippen LogP contribution in [0.3, 0.4) is 0 Å².